The van der Waals surface area contributed by atoms with Crippen LogP contribution in [0.25, 0.3) is 5.57 Å². The Morgan fingerprint density at radius 3 is 2.36 bits per heavy atom. The molecule has 5 aliphatic heterocycles. The lowest BCUT2D eigenvalue weighted by atomic mass is 9.87. The van der Waals surface area contributed by atoms with E-state index in [0.29, 0.717) is 0 Å². The lowest BCUT2D eigenvalue weighted by Gasteiger charge is -2.18. The zero-order valence-corrected chi connectivity index (χ0v) is 23.7. The Morgan fingerprint density at radius 2 is 1.59 bits per heavy atom. The Hall–Kier alpha value is -4.25. The summed E-state index contributed by atoms with van der Waals surface area (Å²) in [6, 6.07) is 2.24. The largest absolute Gasteiger partial charge is 0.512 e. The molecule has 0 aliphatic carbocycles. The fraction of sp³-hybridized carbons (Fsp3) is 0.265. The van der Waals surface area contributed by atoms with E-state index in [4.69, 9.17) is 15.0 Å². The molecule has 1 aromatic carbocycles. The fourth-order valence-corrected chi connectivity index (χ4v) is 5.91. The van der Waals surface area contributed by atoms with E-state index >= 15 is 0 Å². The summed E-state index contributed by atoms with van der Waals surface area (Å²) < 4.78 is 0. The molecule has 2 N–H and O–H groups in total. The maximum Gasteiger partial charge on any atom is 0.0986 e. The van der Waals surface area contributed by atoms with Crippen LogP contribution in [0, 0.1) is 33.1 Å². The number of aliphatic hydroxyl groups is 1. The van der Waals surface area contributed by atoms with Crippen molar-refractivity contribution in [1.82, 2.24) is 5.32 Å². The maximum atomic E-state index is 10.7. The van der Waals surface area contributed by atoms with Gasteiger partial charge in [0.05, 0.1) is 40.0 Å². The summed E-state index contributed by atoms with van der Waals surface area (Å²) in [6.45, 7) is 14.8. The number of nitrogens with zero attached hydrogens (tertiary/aromatic N) is 3. The monoisotopic (exact) mass is 514 g/mol. The summed E-state index contributed by atoms with van der Waals surface area (Å²) in [4.78, 5) is 15.0. The normalized spacial score (nSPS) is 22.2. The molecule has 5 heterocycles. The maximum absolute atomic E-state index is 10.7. The number of aliphatic hydroxyl groups excluding tert-OH is 1. The van der Waals surface area contributed by atoms with Gasteiger partial charge in [0.15, 0.2) is 0 Å². The molecule has 6 rings (SSSR count). The van der Waals surface area contributed by atoms with Gasteiger partial charge in [-0.05, 0) is 117 Å². The zero-order valence-electron chi connectivity index (χ0n) is 23.7. The van der Waals surface area contributed by atoms with Crippen LogP contribution in [-0.2, 0) is 0 Å². The molecule has 0 amide bonds. The number of allylic oxidation sites excluding steroid dienone is 13. The Morgan fingerprint density at radius 1 is 0.846 bits per heavy atom. The Bertz CT molecular complexity index is 1700. The van der Waals surface area contributed by atoms with Crippen LogP contribution >= 0.6 is 0 Å². The molecular weight excluding hydrogens is 480 g/mol. The van der Waals surface area contributed by atoms with E-state index in [-0.39, 0.29) is 11.2 Å². The Kier molecular flexibility index (Phi) is 5.72. The molecule has 5 nitrogen and oxygen atoms in total. The number of aliphatic imine (C=N–C) groups is 3. The standard InChI is InChI=1S/C34H34N4O/c1-18-12-19(2)32(21(4)20(18)3)33-28-11-10-24(36-28)13-23-8-9-25(35-23)15-31-34(6,7)17-26(37-31)14-29-27(22(5)39)16-30(33)38-29/h8-16,37,39H,17H2,1-7H3. The van der Waals surface area contributed by atoms with Crippen LogP contribution < -0.4 is 5.32 Å². The Labute approximate surface area is 230 Å². The van der Waals surface area contributed by atoms with E-state index < -0.39 is 0 Å². The molecule has 39 heavy (non-hydrogen) atoms. The van der Waals surface area contributed by atoms with Gasteiger partial charge in [0.2, 0.25) is 0 Å². The van der Waals surface area contributed by atoms with Gasteiger partial charge in [-0.1, -0.05) is 19.9 Å². The highest BCUT2D eigenvalue weighted by Crippen LogP contribution is 2.42. The topological polar surface area (TPSA) is 69.3 Å². The minimum Gasteiger partial charge on any atom is -0.512 e. The first-order valence-electron chi connectivity index (χ1n) is 13.5. The van der Waals surface area contributed by atoms with Crippen LogP contribution in [-0.4, -0.2) is 22.2 Å². The molecule has 0 atom stereocenters. The van der Waals surface area contributed by atoms with Gasteiger partial charge in [0.1, 0.15) is 0 Å². The number of rotatable bonds is 1. The highest BCUT2D eigenvalue weighted by Gasteiger charge is 2.34. The minimum atomic E-state index is -0.0805. The SMILES string of the molecule is CC(O)=C1C=C2N=C1C=C1CC(C)(C)C(=CC3=NC(=CC4=NC(=C2c2c(C)cc(C)c(C)c2C)C=C4)C=C3)N1. The first kappa shape index (κ1) is 25.1. The molecule has 0 aromatic heterocycles. The first-order chi connectivity index (χ1) is 18.5. The van der Waals surface area contributed by atoms with Crippen molar-refractivity contribution in [2.75, 3.05) is 0 Å². The number of hydrogen-bond donors (Lipinski definition) is 2. The molecule has 5 aliphatic rings. The third-order valence-corrected chi connectivity index (χ3v) is 8.21. The zero-order chi connectivity index (χ0) is 27.6. The quantitative estimate of drug-likeness (QED) is 0.381. The molecule has 0 radical (unpaired) electrons. The molecule has 0 saturated carbocycles. The highest BCUT2D eigenvalue weighted by molar-refractivity contribution is 6.16. The summed E-state index contributed by atoms with van der Waals surface area (Å²) in [6.07, 6.45) is 17.2. The predicted molar refractivity (Wildman–Crippen MR) is 162 cm³/mol. The average Bonchev–Trinajstić information content (AvgIpc) is 3.64. The summed E-state index contributed by atoms with van der Waals surface area (Å²) in [5.41, 5.74) is 14.9. The van der Waals surface area contributed by atoms with Crippen LogP contribution in [0.4, 0.5) is 0 Å². The van der Waals surface area contributed by atoms with Gasteiger partial charge in [0.25, 0.3) is 0 Å². The number of fused-ring (bicyclic) bond motifs is 5. The molecule has 1 fully saturated rings. The molecule has 0 unspecified atom stereocenters. The van der Waals surface area contributed by atoms with Crippen molar-refractivity contribution in [3.05, 3.63) is 122 Å². The molecule has 0 spiro atoms. The number of hydrogen-bond acceptors (Lipinski definition) is 5. The first-order valence-corrected chi connectivity index (χ1v) is 13.5. The van der Waals surface area contributed by atoms with Gasteiger partial charge in [-0.3, -0.25) is 0 Å². The van der Waals surface area contributed by atoms with Crippen molar-refractivity contribution >= 4 is 22.7 Å². The minimum absolute atomic E-state index is 0.0805. The summed E-state index contributed by atoms with van der Waals surface area (Å²) >= 11 is 0. The molecule has 1 saturated heterocycles. The smallest absolute Gasteiger partial charge is 0.0986 e. The van der Waals surface area contributed by atoms with Gasteiger partial charge >= 0.3 is 0 Å². The number of aryl methyl sites for hydroxylation is 2. The second-order valence-electron chi connectivity index (χ2n) is 11.6. The van der Waals surface area contributed by atoms with Crippen LogP contribution in [0.15, 0.2) is 109 Å². The molecule has 196 valence electrons. The highest BCUT2D eigenvalue weighted by atomic mass is 16.3. The van der Waals surface area contributed by atoms with Gasteiger partial charge in [0, 0.05) is 28.0 Å². The number of nitrogens with one attached hydrogen (secondary N) is 1. The lowest BCUT2D eigenvalue weighted by Crippen LogP contribution is -2.14. The molecule has 8 bridgehead atoms. The fourth-order valence-electron chi connectivity index (χ4n) is 5.91. The van der Waals surface area contributed by atoms with Crippen molar-refractivity contribution in [3.8, 4) is 0 Å². The van der Waals surface area contributed by atoms with Gasteiger partial charge in [-0.15, -0.1) is 0 Å². The van der Waals surface area contributed by atoms with E-state index in [1.807, 2.05) is 30.4 Å². The third kappa shape index (κ3) is 4.32. The second-order valence-corrected chi connectivity index (χ2v) is 11.6. The molecule has 1 aromatic rings. The van der Waals surface area contributed by atoms with Crippen molar-refractivity contribution in [2.45, 2.75) is 54.9 Å². The summed E-state index contributed by atoms with van der Waals surface area (Å²) in [5, 5.41) is 14.3. The second kappa shape index (κ2) is 8.91. The van der Waals surface area contributed by atoms with Gasteiger partial charge in [-0.25, -0.2) is 15.0 Å². The summed E-state index contributed by atoms with van der Waals surface area (Å²) in [5.74, 6) is 0.247. The van der Waals surface area contributed by atoms with Crippen molar-refractivity contribution < 1.29 is 5.11 Å². The number of benzene rings is 1. The van der Waals surface area contributed by atoms with E-state index in [2.05, 4.69) is 71.2 Å². The van der Waals surface area contributed by atoms with Gasteiger partial charge in [-0.2, -0.15) is 0 Å². The average molecular weight is 515 g/mol. The Balaban J connectivity index is 1.65. The molecular formula is C34H34N4O. The third-order valence-electron chi connectivity index (χ3n) is 8.21. The summed E-state index contributed by atoms with van der Waals surface area (Å²) in [7, 11) is 0. The van der Waals surface area contributed by atoms with E-state index in [0.717, 1.165) is 68.8 Å². The van der Waals surface area contributed by atoms with E-state index in [1.54, 1.807) is 6.92 Å². The van der Waals surface area contributed by atoms with Crippen LogP contribution in [0.3, 0.4) is 0 Å². The lowest BCUT2D eigenvalue weighted by molar-refractivity contribution is 0.412. The van der Waals surface area contributed by atoms with Crippen LogP contribution in [0.2, 0.25) is 0 Å². The van der Waals surface area contributed by atoms with E-state index in [1.165, 1.54) is 22.3 Å². The van der Waals surface area contributed by atoms with E-state index in [9.17, 15) is 5.11 Å². The predicted octanol–water partition coefficient (Wildman–Crippen LogP) is 7.51. The van der Waals surface area contributed by atoms with Crippen molar-refractivity contribution in [3.63, 3.8) is 0 Å². The van der Waals surface area contributed by atoms with Crippen molar-refractivity contribution in [2.24, 2.45) is 20.4 Å². The van der Waals surface area contributed by atoms with Crippen LogP contribution in [0.1, 0.15) is 55.0 Å². The van der Waals surface area contributed by atoms with Crippen LogP contribution in [0.5, 0.6) is 0 Å². The molecule has 5 heteroatoms. The van der Waals surface area contributed by atoms with Gasteiger partial charge < -0.3 is 10.4 Å². The van der Waals surface area contributed by atoms with Crippen molar-refractivity contribution in [1.29, 1.82) is 0 Å².